The zero-order valence-electron chi connectivity index (χ0n) is 10.2. The number of ether oxygens (including phenoxy) is 1. The van der Waals surface area contributed by atoms with Crippen molar-refractivity contribution in [3.05, 3.63) is 0 Å². The van der Waals surface area contributed by atoms with Crippen LogP contribution < -0.4 is 5.32 Å². The number of hydrogen-bond acceptors (Lipinski definition) is 2. The average molecular weight is 211 g/mol. The minimum absolute atomic E-state index is 0.413. The summed E-state index contributed by atoms with van der Waals surface area (Å²) in [6.07, 6.45) is 8.81. The monoisotopic (exact) mass is 211 g/mol. The lowest BCUT2D eigenvalue weighted by Crippen LogP contribution is -2.41. The standard InChI is InChI=1S/C13H25NO/c1-10(9-12-5-3-4-6-12)14-13-7-8-15-11(13)2/h10-14H,3-9H2,1-2H3. The highest BCUT2D eigenvalue weighted by Gasteiger charge is 2.26. The summed E-state index contributed by atoms with van der Waals surface area (Å²) in [7, 11) is 0. The van der Waals surface area contributed by atoms with Crippen molar-refractivity contribution in [3.63, 3.8) is 0 Å². The van der Waals surface area contributed by atoms with E-state index in [0.29, 0.717) is 18.2 Å². The van der Waals surface area contributed by atoms with E-state index in [1.54, 1.807) is 0 Å². The Morgan fingerprint density at radius 1 is 1.27 bits per heavy atom. The van der Waals surface area contributed by atoms with Gasteiger partial charge in [0.1, 0.15) is 0 Å². The van der Waals surface area contributed by atoms with Crippen molar-refractivity contribution in [1.29, 1.82) is 0 Å². The number of nitrogens with one attached hydrogen (secondary N) is 1. The fraction of sp³-hybridized carbons (Fsp3) is 1.00. The molecule has 0 aromatic carbocycles. The molecule has 1 heterocycles. The van der Waals surface area contributed by atoms with Gasteiger partial charge in [0.2, 0.25) is 0 Å². The van der Waals surface area contributed by atoms with Gasteiger partial charge >= 0.3 is 0 Å². The molecule has 15 heavy (non-hydrogen) atoms. The Labute approximate surface area is 93.8 Å². The highest BCUT2D eigenvalue weighted by Crippen LogP contribution is 2.28. The molecule has 0 aromatic rings. The third-order valence-corrected chi connectivity index (χ3v) is 4.04. The molecule has 1 saturated carbocycles. The predicted molar refractivity (Wildman–Crippen MR) is 63.0 cm³/mol. The second-order valence-corrected chi connectivity index (χ2v) is 5.42. The molecule has 1 aliphatic heterocycles. The summed E-state index contributed by atoms with van der Waals surface area (Å²) in [5.74, 6) is 0.991. The normalized spacial score (nSPS) is 34.8. The van der Waals surface area contributed by atoms with E-state index in [1.807, 2.05) is 0 Å². The lowest BCUT2D eigenvalue weighted by atomic mass is 9.98. The minimum Gasteiger partial charge on any atom is -0.377 e. The van der Waals surface area contributed by atoms with Gasteiger partial charge in [-0.1, -0.05) is 25.7 Å². The molecule has 0 bridgehead atoms. The van der Waals surface area contributed by atoms with Crippen LogP contribution in [-0.2, 0) is 4.74 Å². The first-order valence-corrected chi connectivity index (χ1v) is 6.63. The zero-order valence-corrected chi connectivity index (χ0v) is 10.2. The van der Waals surface area contributed by atoms with Crippen molar-refractivity contribution in [2.75, 3.05) is 6.61 Å². The van der Waals surface area contributed by atoms with Crippen molar-refractivity contribution in [3.8, 4) is 0 Å². The molecule has 1 aliphatic carbocycles. The van der Waals surface area contributed by atoms with E-state index in [1.165, 1.54) is 38.5 Å². The smallest absolute Gasteiger partial charge is 0.0700 e. The van der Waals surface area contributed by atoms with E-state index in [-0.39, 0.29) is 0 Å². The summed E-state index contributed by atoms with van der Waals surface area (Å²) in [4.78, 5) is 0. The molecule has 1 N–H and O–H groups in total. The quantitative estimate of drug-likeness (QED) is 0.772. The van der Waals surface area contributed by atoms with Crippen molar-refractivity contribution < 1.29 is 4.74 Å². The van der Waals surface area contributed by atoms with Gasteiger partial charge in [0.05, 0.1) is 6.10 Å². The molecule has 2 rings (SSSR count). The van der Waals surface area contributed by atoms with Gasteiger partial charge in [-0.2, -0.15) is 0 Å². The highest BCUT2D eigenvalue weighted by atomic mass is 16.5. The van der Waals surface area contributed by atoms with Gasteiger partial charge in [-0.15, -0.1) is 0 Å². The average Bonchev–Trinajstić information content (AvgIpc) is 2.79. The molecule has 0 aromatic heterocycles. The van der Waals surface area contributed by atoms with Gasteiger partial charge in [-0.05, 0) is 32.6 Å². The first kappa shape index (κ1) is 11.4. The van der Waals surface area contributed by atoms with Crippen LogP contribution in [0.5, 0.6) is 0 Å². The van der Waals surface area contributed by atoms with E-state index in [4.69, 9.17) is 4.74 Å². The first-order chi connectivity index (χ1) is 7.25. The van der Waals surface area contributed by atoms with Crippen LogP contribution in [0.3, 0.4) is 0 Å². The molecule has 2 fully saturated rings. The number of hydrogen-bond donors (Lipinski definition) is 1. The zero-order chi connectivity index (χ0) is 10.7. The highest BCUT2D eigenvalue weighted by molar-refractivity contribution is 4.83. The molecule has 2 aliphatic rings. The van der Waals surface area contributed by atoms with Crippen LogP contribution in [0.15, 0.2) is 0 Å². The van der Waals surface area contributed by atoms with Crippen LogP contribution in [0.4, 0.5) is 0 Å². The van der Waals surface area contributed by atoms with Crippen LogP contribution in [0.2, 0.25) is 0 Å². The Balaban J connectivity index is 1.69. The van der Waals surface area contributed by atoms with Crippen LogP contribution >= 0.6 is 0 Å². The minimum atomic E-state index is 0.413. The first-order valence-electron chi connectivity index (χ1n) is 6.63. The largest absolute Gasteiger partial charge is 0.377 e. The lowest BCUT2D eigenvalue weighted by Gasteiger charge is -2.23. The molecular weight excluding hydrogens is 186 g/mol. The third-order valence-electron chi connectivity index (χ3n) is 4.04. The van der Waals surface area contributed by atoms with Crippen molar-refractivity contribution in [1.82, 2.24) is 5.32 Å². The summed E-state index contributed by atoms with van der Waals surface area (Å²) in [5.41, 5.74) is 0. The molecule has 2 nitrogen and oxygen atoms in total. The van der Waals surface area contributed by atoms with Gasteiger partial charge in [0, 0.05) is 18.7 Å². The summed E-state index contributed by atoms with van der Waals surface area (Å²) in [5, 5.41) is 3.73. The molecule has 2 heteroatoms. The molecule has 3 unspecified atom stereocenters. The van der Waals surface area contributed by atoms with Gasteiger partial charge in [-0.25, -0.2) is 0 Å². The van der Waals surface area contributed by atoms with Crippen LogP contribution in [0.25, 0.3) is 0 Å². The summed E-state index contributed by atoms with van der Waals surface area (Å²) >= 11 is 0. The van der Waals surface area contributed by atoms with Gasteiger partial charge < -0.3 is 10.1 Å². The topological polar surface area (TPSA) is 21.3 Å². The summed E-state index contributed by atoms with van der Waals surface area (Å²) < 4.78 is 5.57. The van der Waals surface area contributed by atoms with Gasteiger partial charge in [0.15, 0.2) is 0 Å². The maximum atomic E-state index is 5.57. The molecule has 0 amide bonds. The molecule has 1 saturated heterocycles. The van der Waals surface area contributed by atoms with E-state index >= 15 is 0 Å². The predicted octanol–water partition coefficient (Wildman–Crippen LogP) is 2.72. The molecule has 0 spiro atoms. The molecule has 0 radical (unpaired) electrons. The maximum Gasteiger partial charge on any atom is 0.0700 e. The fourth-order valence-electron chi connectivity index (χ4n) is 3.13. The van der Waals surface area contributed by atoms with Crippen LogP contribution in [-0.4, -0.2) is 24.8 Å². The summed E-state index contributed by atoms with van der Waals surface area (Å²) in [6.45, 7) is 5.46. The van der Waals surface area contributed by atoms with E-state index in [9.17, 15) is 0 Å². The van der Waals surface area contributed by atoms with Crippen molar-refractivity contribution in [2.45, 2.75) is 70.6 Å². The van der Waals surface area contributed by atoms with E-state index < -0.39 is 0 Å². The van der Waals surface area contributed by atoms with Gasteiger partial charge in [0.25, 0.3) is 0 Å². The van der Waals surface area contributed by atoms with E-state index in [2.05, 4.69) is 19.2 Å². The molecule has 3 atom stereocenters. The second kappa shape index (κ2) is 5.31. The van der Waals surface area contributed by atoms with Crippen molar-refractivity contribution in [2.24, 2.45) is 5.92 Å². The lowest BCUT2D eigenvalue weighted by molar-refractivity contribution is 0.110. The Bertz CT molecular complexity index is 189. The Morgan fingerprint density at radius 2 is 2.00 bits per heavy atom. The number of rotatable bonds is 4. The van der Waals surface area contributed by atoms with Crippen molar-refractivity contribution >= 4 is 0 Å². The Kier molecular flexibility index (Phi) is 4.04. The Morgan fingerprint density at radius 3 is 2.60 bits per heavy atom. The molecular formula is C13H25NO. The van der Waals surface area contributed by atoms with E-state index in [0.717, 1.165) is 12.5 Å². The summed E-state index contributed by atoms with van der Waals surface area (Å²) in [6, 6.07) is 1.27. The third kappa shape index (κ3) is 3.18. The van der Waals surface area contributed by atoms with Crippen LogP contribution in [0, 0.1) is 5.92 Å². The van der Waals surface area contributed by atoms with Gasteiger partial charge in [-0.3, -0.25) is 0 Å². The molecule has 88 valence electrons. The Hall–Kier alpha value is -0.0800. The van der Waals surface area contributed by atoms with Crippen LogP contribution in [0.1, 0.15) is 52.4 Å². The maximum absolute atomic E-state index is 5.57. The fourth-order valence-corrected chi connectivity index (χ4v) is 3.13. The second-order valence-electron chi connectivity index (χ2n) is 5.42. The SMILES string of the molecule is CC(CC1CCCC1)NC1CCOC1C.